The van der Waals surface area contributed by atoms with Crippen LogP contribution < -0.4 is 0 Å². The molecule has 2 nitrogen and oxygen atoms in total. The van der Waals surface area contributed by atoms with Crippen molar-refractivity contribution in [3.05, 3.63) is 34.6 Å². The number of Topliss-reactive ketones (excluding diaryl/α,β-unsaturated/α-hetero) is 1. The molecule has 1 saturated heterocycles. The fraction of sp³-hybridized carbons (Fsp3) is 0.767. The molecule has 0 aromatic heterocycles. The molecule has 0 amide bonds. The summed E-state index contributed by atoms with van der Waals surface area (Å²) in [5.41, 5.74) is -1.98. The zero-order chi connectivity index (χ0) is 25.9. The second-order valence-corrected chi connectivity index (χ2v) is 11.8. The Bertz CT molecular complexity index is 872. The van der Waals surface area contributed by atoms with Crippen molar-refractivity contribution in [1.82, 2.24) is 0 Å². The van der Waals surface area contributed by atoms with Crippen LogP contribution >= 0.6 is 0 Å². The molecule has 0 spiro atoms. The second kappa shape index (κ2) is 12.0. The molecule has 1 heterocycles. The van der Waals surface area contributed by atoms with Crippen LogP contribution in [0.5, 0.6) is 0 Å². The van der Waals surface area contributed by atoms with E-state index in [0.29, 0.717) is 18.9 Å². The number of hydrogen-bond acceptors (Lipinski definition) is 2. The van der Waals surface area contributed by atoms with E-state index < -0.39 is 28.9 Å². The average molecular weight is 511 g/mol. The van der Waals surface area contributed by atoms with Crippen molar-refractivity contribution < 1.29 is 27.1 Å². The average Bonchev–Trinajstić information content (AvgIpc) is 2.87. The van der Waals surface area contributed by atoms with E-state index in [1.807, 2.05) is 0 Å². The summed E-state index contributed by atoms with van der Waals surface area (Å²) < 4.78 is 61.6. The Hall–Kier alpha value is -1.43. The Morgan fingerprint density at radius 3 is 1.97 bits per heavy atom. The van der Waals surface area contributed by atoms with Crippen molar-refractivity contribution in [1.29, 1.82) is 0 Å². The van der Waals surface area contributed by atoms with Crippen molar-refractivity contribution in [2.24, 2.45) is 29.6 Å². The highest BCUT2D eigenvalue weighted by Gasteiger charge is 2.39. The third-order valence-electron chi connectivity index (χ3n) is 9.48. The van der Waals surface area contributed by atoms with Crippen LogP contribution in [0.1, 0.15) is 112 Å². The van der Waals surface area contributed by atoms with E-state index >= 15 is 0 Å². The highest BCUT2D eigenvalue weighted by Crippen LogP contribution is 2.44. The number of carbonyl (C=O) groups excluding carboxylic acids is 1. The largest absolute Gasteiger partial charge is 0.419 e. The number of halogens is 4. The van der Waals surface area contributed by atoms with Gasteiger partial charge in [-0.2, -0.15) is 13.2 Å². The highest BCUT2D eigenvalue weighted by molar-refractivity contribution is 5.97. The number of benzene rings is 1. The third kappa shape index (κ3) is 6.52. The SMILES string of the molecule is CCC(=O)c1ccc(CCC2CCC(C3CCC(C4CCC(C)CC4)CC3)CO2)c(F)c1C(F)(F)F. The van der Waals surface area contributed by atoms with Crippen LogP contribution in [0, 0.1) is 35.4 Å². The molecule has 4 rings (SSSR count). The van der Waals surface area contributed by atoms with Gasteiger partial charge in [0.2, 0.25) is 0 Å². The van der Waals surface area contributed by atoms with Crippen LogP contribution in [0.4, 0.5) is 17.6 Å². The van der Waals surface area contributed by atoms with E-state index in [-0.39, 0.29) is 24.5 Å². The first-order chi connectivity index (χ1) is 17.2. The summed E-state index contributed by atoms with van der Waals surface area (Å²) in [6, 6.07) is 2.47. The molecule has 2 atom stereocenters. The second-order valence-electron chi connectivity index (χ2n) is 11.8. The monoisotopic (exact) mass is 510 g/mol. The van der Waals surface area contributed by atoms with Crippen molar-refractivity contribution >= 4 is 5.78 Å². The first-order valence-corrected chi connectivity index (χ1v) is 14.2. The predicted molar refractivity (Wildman–Crippen MR) is 133 cm³/mol. The maximum atomic E-state index is 14.9. The minimum atomic E-state index is -4.90. The summed E-state index contributed by atoms with van der Waals surface area (Å²) in [6.07, 6.45) is 8.49. The van der Waals surface area contributed by atoms with Crippen molar-refractivity contribution in [2.45, 2.75) is 110 Å². The number of rotatable bonds is 7. The maximum absolute atomic E-state index is 14.9. The Morgan fingerprint density at radius 2 is 1.44 bits per heavy atom. The smallest absolute Gasteiger partial charge is 0.378 e. The van der Waals surface area contributed by atoms with Crippen molar-refractivity contribution in [3.63, 3.8) is 0 Å². The maximum Gasteiger partial charge on any atom is 0.419 e. The summed E-state index contributed by atoms with van der Waals surface area (Å²) in [5.74, 6) is 2.03. The van der Waals surface area contributed by atoms with Gasteiger partial charge in [-0.15, -0.1) is 0 Å². The van der Waals surface area contributed by atoms with Gasteiger partial charge in [-0.3, -0.25) is 4.79 Å². The summed E-state index contributed by atoms with van der Waals surface area (Å²) in [6.45, 7) is 4.57. The van der Waals surface area contributed by atoms with Gasteiger partial charge in [-0.25, -0.2) is 4.39 Å². The summed E-state index contributed by atoms with van der Waals surface area (Å²) in [4.78, 5) is 11.9. The number of ketones is 1. The van der Waals surface area contributed by atoms with Crippen LogP contribution in [-0.4, -0.2) is 18.5 Å². The standard InChI is InChI=1S/C30H42F4O2/c1-3-27(35)26-17-14-23(29(31)28(26)30(32,33)34)12-15-25-16-13-24(18-36-25)22-10-8-21(9-11-22)20-6-4-19(2)5-7-20/h14,17,19-22,24-25H,3-13,15-16,18H2,1-2H3. The van der Waals surface area contributed by atoms with Crippen LogP contribution in [-0.2, 0) is 17.3 Å². The molecule has 0 N–H and O–H groups in total. The van der Waals surface area contributed by atoms with Gasteiger partial charge in [0.25, 0.3) is 0 Å². The molecule has 2 saturated carbocycles. The molecular formula is C30H42F4O2. The molecule has 6 heteroatoms. The number of hydrogen-bond donors (Lipinski definition) is 0. The van der Waals surface area contributed by atoms with Gasteiger partial charge in [0.1, 0.15) is 11.4 Å². The molecule has 36 heavy (non-hydrogen) atoms. The van der Waals surface area contributed by atoms with Crippen LogP contribution in [0.15, 0.2) is 12.1 Å². The fourth-order valence-electron chi connectivity index (χ4n) is 7.10. The van der Waals surface area contributed by atoms with E-state index in [2.05, 4.69) is 6.92 Å². The Balaban J connectivity index is 1.25. The molecule has 1 aliphatic heterocycles. The molecule has 1 aromatic rings. The molecule has 3 fully saturated rings. The highest BCUT2D eigenvalue weighted by atomic mass is 19.4. The molecule has 3 aliphatic rings. The van der Waals surface area contributed by atoms with Gasteiger partial charge in [0.05, 0.1) is 12.7 Å². The van der Waals surface area contributed by atoms with Crippen molar-refractivity contribution in [3.8, 4) is 0 Å². The Labute approximate surface area is 213 Å². The predicted octanol–water partition coefficient (Wildman–Crippen LogP) is 8.80. The van der Waals surface area contributed by atoms with Gasteiger partial charge < -0.3 is 4.74 Å². The molecule has 0 bridgehead atoms. The van der Waals surface area contributed by atoms with E-state index in [9.17, 15) is 22.4 Å². The molecule has 0 radical (unpaired) electrons. The van der Waals surface area contributed by atoms with Gasteiger partial charge >= 0.3 is 6.18 Å². The topological polar surface area (TPSA) is 26.3 Å². The lowest BCUT2D eigenvalue weighted by Crippen LogP contribution is -2.34. The minimum absolute atomic E-state index is 0.0103. The molecular weight excluding hydrogens is 468 g/mol. The Kier molecular flexibility index (Phi) is 9.17. The first kappa shape index (κ1) is 27.6. The molecule has 2 unspecified atom stereocenters. The van der Waals surface area contributed by atoms with E-state index in [1.165, 1.54) is 64.4 Å². The van der Waals surface area contributed by atoms with Crippen LogP contribution in [0.3, 0.4) is 0 Å². The van der Waals surface area contributed by atoms with Gasteiger partial charge in [0.15, 0.2) is 5.78 Å². The summed E-state index contributed by atoms with van der Waals surface area (Å²) in [5, 5.41) is 0. The molecule has 1 aromatic carbocycles. The summed E-state index contributed by atoms with van der Waals surface area (Å²) >= 11 is 0. The first-order valence-electron chi connectivity index (χ1n) is 14.2. The quantitative estimate of drug-likeness (QED) is 0.271. The van der Waals surface area contributed by atoms with E-state index in [0.717, 1.165) is 42.6 Å². The number of carbonyl (C=O) groups is 1. The van der Waals surface area contributed by atoms with Gasteiger partial charge in [0, 0.05) is 12.0 Å². The number of alkyl halides is 3. The summed E-state index contributed by atoms with van der Waals surface area (Å²) in [7, 11) is 0. The lowest BCUT2D eigenvalue weighted by molar-refractivity contribution is -0.140. The van der Waals surface area contributed by atoms with Crippen LogP contribution in [0.25, 0.3) is 0 Å². The van der Waals surface area contributed by atoms with E-state index in [1.54, 1.807) is 0 Å². The zero-order valence-corrected chi connectivity index (χ0v) is 21.8. The van der Waals surface area contributed by atoms with Crippen LogP contribution in [0.2, 0.25) is 0 Å². The molecule has 202 valence electrons. The van der Waals surface area contributed by atoms with Crippen molar-refractivity contribution in [2.75, 3.05) is 6.61 Å². The van der Waals surface area contributed by atoms with Gasteiger partial charge in [-0.05, 0) is 99.4 Å². The van der Waals surface area contributed by atoms with Gasteiger partial charge in [-0.1, -0.05) is 38.8 Å². The minimum Gasteiger partial charge on any atom is -0.378 e. The number of ether oxygens (including phenoxy) is 1. The van der Waals surface area contributed by atoms with E-state index in [4.69, 9.17) is 4.74 Å². The normalized spacial score (nSPS) is 31.8. The lowest BCUT2D eigenvalue weighted by atomic mass is 9.67. The zero-order valence-electron chi connectivity index (χ0n) is 21.8. The third-order valence-corrected chi connectivity index (χ3v) is 9.48. The fourth-order valence-corrected chi connectivity index (χ4v) is 7.10. The Morgan fingerprint density at radius 1 is 0.889 bits per heavy atom. The lowest BCUT2D eigenvalue weighted by Gasteiger charge is -2.41. The molecule has 2 aliphatic carbocycles. The number of aryl methyl sites for hydroxylation is 1.